The molecule has 0 amide bonds. The Bertz CT molecular complexity index is 253. The quantitative estimate of drug-likeness (QED) is 0.656. The lowest BCUT2D eigenvalue weighted by Gasteiger charge is -2.38. The third-order valence-corrected chi connectivity index (χ3v) is 3.09. The third-order valence-electron chi connectivity index (χ3n) is 3.09. The second kappa shape index (κ2) is 4.69. The van der Waals surface area contributed by atoms with E-state index >= 15 is 0 Å². The Morgan fingerprint density at radius 2 is 2.00 bits per heavy atom. The van der Waals surface area contributed by atoms with Gasteiger partial charge in [-0.25, -0.2) is 4.79 Å². The summed E-state index contributed by atoms with van der Waals surface area (Å²) in [5.41, 5.74) is -2.09. The second-order valence-electron chi connectivity index (χ2n) is 5.04. The summed E-state index contributed by atoms with van der Waals surface area (Å²) in [5.74, 6) is -0.621. The van der Waals surface area contributed by atoms with Crippen molar-refractivity contribution in [3.63, 3.8) is 0 Å². The number of carbonyl (C=O) groups is 1. The zero-order valence-corrected chi connectivity index (χ0v) is 10.2. The van der Waals surface area contributed by atoms with Gasteiger partial charge >= 0.3 is 5.97 Å². The Morgan fingerprint density at radius 1 is 1.50 bits per heavy atom. The van der Waals surface area contributed by atoms with E-state index in [0.717, 1.165) is 0 Å². The van der Waals surface area contributed by atoms with E-state index in [1.54, 1.807) is 0 Å². The van der Waals surface area contributed by atoms with E-state index in [1.807, 2.05) is 11.8 Å². The highest BCUT2D eigenvalue weighted by atomic mass is 16.5. The maximum absolute atomic E-state index is 11.3. The average Bonchev–Trinajstić information content (AvgIpc) is 2.20. The number of ether oxygens (including phenoxy) is 1. The first-order valence-corrected chi connectivity index (χ1v) is 5.52. The van der Waals surface area contributed by atoms with Crippen molar-refractivity contribution in [3.05, 3.63) is 0 Å². The number of carbonyl (C=O) groups excluding carboxylic acids is 1. The fraction of sp³-hybridized carbons (Fsp3) is 0.909. The van der Waals surface area contributed by atoms with Crippen LogP contribution in [-0.4, -0.2) is 59.0 Å². The summed E-state index contributed by atoms with van der Waals surface area (Å²) < 4.78 is 4.53. The Kier molecular flexibility index (Phi) is 3.93. The number of rotatable bonds is 3. The molecule has 0 bridgehead atoms. The fourth-order valence-corrected chi connectivity index (χ4v) is 1.91. The van der Waals surface area contributed by atoms with Crippen molar-refractivity contribution in [1.82, 2.24) is 4.90 Å². The van der Waals surface area contributed by atoms with E-state index < -0.39 is 17.2 Å². The van der Waals surface area contributed by atoms with Crippen LogP contribution in [0.3, 0.4) is 0 Å². The number of nitrogens with zero attached hydrogens (tertiary/aromatic N) is 1. The molecule has 2 N–H and O–H groups in total. The highest BCUT2D eigenvalue weighted by Gasteiger charge is 2.36. The first-order chi connectivity index (χ1) is 7.27. The van der Waals surface area contributed by atoms with Crippen molar-refractivity contribution < 1.29 is 19.7 Å². The van der Waals surface area contributed by atoms with Gasteiger partial charge in [0, 0.05) is 19.6 Å². The van der Waals surface area contributed by atoms with Gasteiger partial charge in [0.15, 0.2) is 5.60 Å². The molecule has 1 heterocycles. The monoisotopic (exact) mass is 231 g/mol. The average molecular weight is 231 g/mol. The van der Waals surface area contributed by atoms with E-state index in [-0.39, 0.29) is 6.54 Å². The largest absolute Gasteiger partial charge is 0.467 e. The fourth-order valence-electron chi connectivity index (χ4n) is 1.91. The van der Waals surface area contributed by atoms with E-state index in [4.69, 9.17) is 0 Å². The van der Waals surface area contributed by atoms with Crippen molar-refractivity contribution in [2.75, 3.05) is 26.7 Å². The molecule has 1 rings (SSSR count). The smallest absolute Gasteiger partial charge is 0.338 e. The third kappa shape index (κ3) is 3.43. The summed E-state index contributed by atoms with van der Waals surface area (Å²) in [6.07, 6.45) is 1.31. The summed E-state index contributed by atoms with van der Waals surface area (Å²) >= 11 is 0. The van der Waals surface area contributed by atoms with Crippen molar-refractivity contribution in [1.29, 1.82) is 0 Å². The maximum Gasteiger partial charge on any atom is 0.338 e. The zero-order chi connectivity index (χ0) is 12.4. The Hall–Kier alpha value is -0.650. The van der Waals surface area contributed by atoms with Gasteiger partial charge in [0.05, 0.1) is 12.7 Å². The van der Waals surface area contributed by atoms with Crippen molar-refractivity contribution in [2.45, 2.75) is 37.9 Å². The van der Waals surface area contributed by atoms with Crippen LogP contribution in [0.4, 0.5) is 0 Å². The SMILES string of the molecule is COC(=O)C(C)(O)CN1CCC(C)(O)CC1. The van der Waals surface area contributed by atoms with Crippen LogP contribution in [0.1, 0.15) is 26.7 Å². The van der Waals surface area contributed by atoms with Gasteiger partial charge in [-0.3, -0.25) is 4.90 Å². The lowest BCUT2D eigenvalue weighted by molar-refractivity contribution is -0.163. The van der Waals surface area contributed by atoms with Crippen LogP contribution in [0, 0.1) is 0 Å². The van der Waals surface area contributed by atoms with E-state index in [0.29, 0.717) is 25.9 Å². The van der Waals surface area contributed by atoms with Crippen molar-refractivity contribution in [3.8, 4) is 0 Å². The van der Waals surface area contributed by atoms with Gasteiger partial charge in [-0.2, -0.15) is 0 Å². The molecule has 1 saturated heterocycles. The van der Waals surface area contributed by atoms with Gasteiger partial charge in [-0.15, -0.1) is 0 Å². The second-order valence-corrected chi connectivity index (χ2v) is 5.04. The zero-order valence-electron chi connectivity index (χ0n) is 10.2. The number of esters is 1. The molecular weight excluding hydrogens is 210 g/mol. The normalized spacial score (nSPS) is 24.8. The number of β-amino-alcohol motifs (C(OH)–C–C–N with tert-alkyl or cyclic N) is 1. The predicted octanol–water partition coefficient (Wildman–Crippen LogP) is -0.243. The number of hydrogen-bond donors (Lipinski definition) is 2. The predicted molar refractivity (Wildman–Crippen MR) is 58.9 cm³/mol. The molecule has 0 saturated carbocycles. The molecule has 1 fully saturated rings. The van der Waals surface area contributed by atoms with Crippen LogP contribution in [0.2, 0.25) is 0 Å². The molecule has 0 radical (unpaired) electrons. The summed E-state index contributed by atoms with van der Waals surface area (Å²) in [4.78, 5) is 13.3. The van der Waals surface area contributed by atoms with Crippen molar-refractivity contribution >= 4 is 5.97 Å². The Balaban J connectivity index is 2.47. The molecule has 1 unspecified atom stereocenters. The summed E-state index contributed by atoms with van der Waals surface area (Å²) in [5, 5.41) is 19.7. The molecule has 5 nitrogen and oxygen atoms in total. The molecular formula is C11H21NO4. The molecule has 0 aromatic rings. The summed E-state index contributed by atoms with van der Waals surface area (Å²) in [7, 11) is 1.26. The van der Waals surface area contributed by atoms with E-state index in [2.05, 4.69) is 4.74 Å². The molecule has 1 aliphatic heterocycles. The summed E-state index contributed by atoms with van der Waals surface area (Å²) in [6.45, 7) is 4.87. The molecule has 16 heavy (non-hydrogen) atoms. The van der Waals surface area contributed by atoms with Crippen LogP contribution in [0.15, 0.2) is 0 Å². The van der Waals surface area contributed by atoms with Gasteiger partial charge < -0.3 is 14.9 Å². The number of hydrogen-bond acceptors (Lipinski definition) is 5. The van der Waals surface area contributed by atoms with Crippen molar-refractivity contribution in [2.24, 2.45) is 0 Å². The van der Waals surface area contributed by atoms with Gasteiger partial charge in [0.25, 0.3) is 0 Å². The van der Waals surface area contributed by atoms with Crippen LogP contribution < -0.4 is 0 Å². The van der Waals surface area contributed by atoms with Gasteiger partial charge in [0.1, 0.15) is 0 Å². The minimum atomic E-state index is -1.47. The standard InChI is InChI=1S/C11H21NO4/c1-10(14)4-6-12(7-5-10)8-11(2,15)9(13)16-3/h14-15H,4-8H2,1-3H3. The molecule has 1 atom stereocenters. The van der Waals surface area contributed by atoms with Gasteiger partial charge in [0.2, 0.25) is 0 Å². The molecule has 5 heteroatoms. The Morgan fingerprint density at radius 3 is 2.44 bits per heavy atom. The first kappa shape index (κ1) is 13.4. The molecule has 94 valence electrons. The van der Waals surface area contributed by atoms with Crippen LogP contribution in [0.5, 0.6) is 0 Å². The van der Waals surface area contributed by atoms with E-state index in [1.165, 1.54) is 14.0 Å². The minimum Gasteiger partial charge on any atom is -0.467 e. The van der Waals surface area contributed by atoms with Gasteiger partial charge in [-0.05, 0) is 26.7 Å². The molecule has 1 aliphatic rings. The van der Waals surface area contributed by atoms with E-state index in [9.17, 15) is 15.0 Å². The van der Waals surface area contributed by atoms with Crippen LogP contribution >= 0.6 is 0 Å². The number of methoxy groups -OCH3 is 1. The number of aliphatic hydroxyl groups is 2. The molecule has 0 aromatic carbocycles. The highest BCUT2D eigenvalue weighted by Crippen LogP contribution is 2.22. The first-order valence-electron chi connectivity index (χ1n) is 5.52. The highest BCUT2D eigenvalue weighted by molar-refractivity contribution is 5.78. The summed E-state index contributed by atoms with van der Waals surface area (Å²) in [6, 6.07) is 0. The number of likely N-dealkylation sites (tertiary alicyclic amines) is 1. The van der Waals surface area contributed by atoms with Crippen LogP contribution in [-0.2, 0) is 9.53 Å². The topological polar surface area (TPSA) is 70.0 Å². The maximum atomic E-state index is 11.3. The Labute approximate surface area is 96.0 Å². The van der Waals surface area contributed by atoms with Gasteiger partial charge in [-0.1, -0.05) is 0 Å². The molecule has 0 aliphatic carbocycles. The number of piperidine rings is 1. The lowest BCUT2D eigenvalue weighted by Crippen LogP contribution is -2.51. The minimum absolute atomic E-state index is 0.246. The lowest BCUT2D eigenvalue weighted by atomic mass is 9.93. The molecule has 0 aromatic heterocycles. The molecule has 0 spiro atoms. The van der Waals surface area contributed by atoms with Crippen LogP contribution in [0.25, 0.3) is 0 Å².